The number of aliphatic hydroxyl groups is 1. The zero-order valence-electron chi connectivity index (χ0n) is 11.2. The van der Waals surface area contributed by atoms with E-state index in [-0.39, 0.29) is 18.5 Å². The highest BCUT2D eigenvalue weighted by atomic mass is 19.1. The van der Waals surface area contributed by atoms with Crippen LogP contribution in [0.2, 0.25) is 0 Å². The molecule has 0 bridgehead atoms. The maximum absolute atomic E-state index is 13.3. The number of rotatable bonds is 2. The van der Waals surface area contributed by atoms with Crippen molar-refractivity contribution in [1.82, 2.24) is 4.90 Å². The number of nitrogens with two attached hydrogens (primary N) is 1. The van der Waals surface area contributed by atoms with E-state index in [2.05, 4.69) is 0 Å². The summed E-state index contributed by atoms with van der Waals surface area (Å²) in [6.45, 7) is 1.96. The van der Waals surface area contributed by atoms with Crippen LogP contribution in [0.3, 0.4) is 0 Å². The molecule has 3 N–H and O–H groups in total. The van der Waals surface area contributed by atoms with Gasteiger partial charge in [0.2, 0.25) is 0 Å². The minimum Gasteiger partial charge on any atom is -0.378 e. The van der Waals surface area contributed by atoms with Crippen molar-refractivity contribution in [3.8, 4) is 0 Å². The standard InChI is InChI=1S/C14H17FN2O3/c1-9-3-4-10(15)7-11(9)12(18)17-6-2-5-14(20,8-17)13(16)19/h3-4,7,20H,2,5-6,8H2,1H3,(H2,16,19). The van der Waals surface area contributed by atoms with E-state index in [1.54, 1.807) is 6.92 Å². The Kier molecular flexibility index (Phi) is 3.76. The van der Waals surface area contributed by atoms with Crippen molar-refractivity contribution in [3.05, 3.63) is 35.1 Å². The lowest BCUT2D eigenvalue weighted by Crippen LogP contribution is -2.57. The van der Waals surface area contributed by atoms with Crippen LogP contribution in [-0.4, -0.2) is 40.5 Å². The van der Waals surface area contributed by atoms with E-state index >= 15 is 0 Å². The molecule has 20 heavy (non-hydrogen) atoms. The largest absolute Gasteiger partial charge is 0.378 e. The smallest absolute Gasteiger partial charge is 0.254 e. The molecule has 1 unspecified atom stereocenters. The molecule has 1 aliphatic heterocycles. The molecule has 1 fully saturated rings. The van der Waals surface area contributed by atoms with Crippen molar-refractivity contribution in [2.45, 2.75) is 25.4 Å². The molecular weight excluding hydrogens is 263 g/mol. The van der Waals surface area contributed by atoms with Gasteiger partial charge in [-0.3, -0.25) is 9.59 Å². The Morgan fingerprint density at radius 1 is 1.45 bits per heavy atom. The van der Waals surface area contributed by atoms with Crippen molar-refractivity contribution in [3.63, 3.8) is 0 Å². The molecule has 1 aromatic rings. The zero-order chi connectivity index (χ0) is 14.9. The van der Waals surface area contributed by atoms with Crippen molar-refractivity contribution >= 4 is 11.8 Å². The number of primary amides is 1. The van der Waals surface area contributed by atoms with E-state index in [0.29, 0.717) is 18.5 Å². The molecular formula is C14H17FN2O3. The van der Waals surface area contributed by atoms with Crippen LogP contribution in [0.5, 0.6) is 0 Å². The number of carbonyl (C=O) groups excluding carboxylic acids is 2. The number of halogens is 1. The van der Waals surface area contributed by atoms with Gasteiger partial charge >= 0.3 is 0 Å². The Morgan fingerprint density at radius 2 is 2.15 bits per heavy atom. The predicted molar refractivity (Wildman–Crippen MR) is 70.4 cm³/mol. The maximum Gasteiger partial charge on any atom is 0.254 e. The van der Waals surface area contributed by atoms with Crippen LogP contribution < -0.4 is 5.73 Å². The fraction of sp³-hybridized carbons (Fsp3) is 0.429. The highest BCUT2D eigenvalue weighted by Crippen LogP contribution is 2.23. The third-order valence-electron chi connectivity index (χ3n) is 3.65. The van der Waals surface area contributed by atoms with E-state index in [9.17, 15) is 19.1 Å². The van der Waals surface area contributed by atoms with Crippen LogP contribution in [0.15, 0.2) is 18.2 Å². The molecule has 6 heteroatoms. The number of piperidine rings is 1. The topological polar surface area (TPSA) is 83.6 Å². The summed E-state index contributed by atoms with van der Waals surface area (Å²) in [7, 11) is 0. The van der Waals surface area contributed by atoms with Crippen LogP contribution in [0.4, 0.5) is 4.39 Å². The number of β-amino-alcohol motifs (C(OH)–C–C–N with tert-alkyl or cyclic N) is 1. The highest BCUT2D eigenvalue weighted by molar-refractivity contribution is 5.96. The summed E-state index contributed by atoms with van der Waals surface area (Å²) in [5.41, 5.74) is 4.35. The van der Waals surface area contributed by atoms with Gasteiger partial charge in [0, 0.05) is 12.1 Å². The van der Waals surface area contributed by atoms with Gasteiger partial charge in [0.1, 0.15) is 5.82 Å². The number of likely N-dealkylation sites (tertiary alicyclic amines) is 1. The number of carbonyl (C=O) groups is 2. The molecule has 1 heterocycles. The summed E-state index contributed by atoms with van der Waals surface area (Å²) in [6, 6.07) is 3.96. The summed E-state index contributed by atoms with van der Waals surface area (Å²) < 4.78 is 13.3. The Bertz CT molecular complexity index is 561. The Labute approximate surface area is 116 Å². The van der Waals surface area contributed by atoms with Crippen LogP contribution >= 0.6 is 0 Å². The molecule has 0 aliphatic carbocycles. The molecule has 2 rings (SSSR count). The first-order chi connectivity index (χ1) is 9.33. The van der Waals surface area contributed by atoms with Gasteiger partial charge in [0.15, 0.2) is 5.60 Å². The fourth-order valence-electron chi connectivity index (χ4n) is 2.41. The number of hydrogen-bond acceptors (Lipinski definition) is 3. The average molecular weight is 280 g/mol. The number of hydrogen-bond donors (Lipinski definition) is 2. The lowest BCUT2D eigenvalue weighted by Gasteiger charge is -2.37. The zero-order valence-corrected chi connectivity index (χ0v) is 11.2. The second-order valence-electron chi connectivity index (χ2n) is 5.19. The Hall–Kier alpha value is -1.95. The van der Waals surface area contributed by atoms with Crippen molar-refractivity contribution < 1.29 is 19.1 Å². The molecule has 0 saturated carbocycles. The molecule has 2 amide bonds. The van der Waals surface area contributed by atoms with Gasteiger partial charge in [0.25, 0.3) is 11.8 Å². The molecule has 0 radical (unpaired) electrons. The van der Waals surface area contributed by atoms with Crippen LogP contribution in [0, 0.1) is 12.7 Å². The third kappa shape index (κ3) is 2.65. The SMILES string of the molecule is Cc1ccc(F)cc1C(=O)N1CCCC(O)(C(N)=O)C1. The molecule has 0 spiro atoms. The summed E-state index contributed by atoms with van der Waals surface area (Å²) in [5.74, 6) is -1.74. The minimum absolute atomic E-state index is 0.156. The fourth-order valence-corrected chi connectivity index (χ4v) is 2.41. The lowest BCUT2D eigenvalue weighted by molar-refractivity contribution is -0.140. The number of aryl methyl sites for hydroxylation is 1. The van der Waals surface area contributed by atoms with E-state index in [1.807, 2.05) is 0 Å². The van der Waals surface area contributed by atoms with E-state index in [1.165, 1.54) is 17.0 Å². The molecule has 1 aliphatic rings. The molecule has 5 nitrogen and oxygen atoms in total. The summed E-state index contributed by atoms with van der Waals surface area (Å²) in [4.78, 5) is 25.0. The summed E-state index contributed by atoms with van der Waals surface area (Å²) in [6.07, 6.45) is 0.702. The first-order valence-corrected chi connectivity index (χ1v) is 6.41. The van der Waals surface area contributed by atoms with Gasteiger partial charge in [-0.05, 0) is 37.5 Å². The van der Waals surface area contributed by atoms with Gasteiger partial charge in [-0.2, -0.15) is 0 Å². The van der Waals surface area contributed by atoms with Gasteiger partial charge in [-0.1, -0.05) is 6.07 Å². The number of nitrogens with zero attached hydrogens (tertiary/aromatic N) is 1. The van der Waals surface area contributed by atoms with Crippen LogP contribution in [-0.2, 0) is 4.79 Å². The van der Waals surface area contributed by atoms with Crippen molar-refractivity contribution in [1.29, 1.82) is 0 Å². The molecule has 1 atom stereocenters. The number of benzene rings is 1. The molecule has 0 aromatic heterocycles. The van der Waals surface area contributed by atoms with E-state index in [0.717, 1.165) is 6.07 Å². The van der Waals surface area contributed by atoms with Crippen molar-refractivity contribution in [2.75, 3.05) is 13.1 Å². The normalized spacial score (nSPS) is 22.6. The predicted octanol–water partition coefficient (Wildman–Crippen LogP) is 0.587. The molecule has 1 saturated heterocycles. The van der Waals surface area contributed by atoms with Crippen LogP contribution in [0.25, 0.3) is 0 Å². The minimum atomic E-state index is -1.70. The Morgan fingerprint density at radius 3 is 2.80 bits per heavy atom. The van der Waals surface area contributed by atoms with E-state index in [4.69, 9.17) is 5.73 Å². The summed E-state index contributed by atoms with van der Waals surface area (Å²) >= 11 is 0. The van der Waals surface area contributed by atoms with Crippen molar-refractivity contribution in [2.24, 2.45) is 5.73 Å². The monoisotopic (exact) mass is 280 g/mol. The summed E-state index contributed by atoms with van der Waals surface area (Å²) in [5, 5.41) is 10.1. The number of amides is 2. The second kappa shape index (κ2) is 5.20. The van der Waals surface area contributed by atoms with Gasteiger partial charge < -0.3 is 15.7 Å². The maximum atomic E-state index is 13.3. The second-order valence-corrected chi connectivity index (χ2v) is 5.19. The lowest BCUT2D eigenvalue weighted by atomic mass is 9.91. The first kappa shape index (κ1) is 14.5. The highest BCUT2D eigenvalue weighted by Gasteiger charge is 2.40. The Balaban J connectivity index is 2.25. The molecule has 108 valence electrons. The van der Waals surface area contributed by atoms with E-state index < -0.39 is 23.2 Å². The van der Waals surface area contributed by atoms with Gasteiger partial charge in [0.05, 0.1) is 6.54 Å². The van der Waals surface area contributed by atoms with Crippen LogP contribution in [0.1, 0.15) is 28.8 Å². The first-order valence-electron chi connectivity index (χ1n) is 6.41. The third-order valence-corrected chi connectivity index (χ3v) is 3.65. The van der Waals surface area contributed by atoms with Gasteiger partial charge in [-0.15, -0.1) is 0 Å². The average Bonchev–Trinajstić information content (AvgIpc) is 2.40. The van der Waals surface area contributed by atoms with Gasteiger partial charge in [-0.25, -0.2) is 4.39 Å². The molecule has 1 aromatic carbocycles. The quantitative estimate of drug-likeness (QED) is 0.831.